The van der Waals surface area contributed by atoms with Gasteiger partial charge in [0.1, 0.15) is 5.75 Å². The number of amides is 1. The number of nitrogens with one attached hydrogen (secondary N) is 1. The third-order valence-electron chi connectivity index (χ3n) is 2.14. The van der Waals surface area contributed by atoms with E-state index in [1.54, 1.807) is 24.3 Å². The zero-order valence-corrected chi connectivity index (χ0v) is 12.3. The molecule has 104 valence electrons. The first-order valence-corrected chi connectivity index (χ1v) is 7.93. The molecule has 0 aromatic heterocycles. The molecule has 0 bridgehead atoms. The molecule has 8 heteroatoms. The van der Waals surface area contributed by atoms with Crippen LogP contribution in [0.4, 0.5) is 5.69 Å². The Morgan fingerprint density at radius 2 is 1.89 bits per heavy atom. The number of nitrogens with two attached hydrogens (primary N) is 1. The van der Waals surface area contributed by atoms with Gasteiger partial charge >= 0.3 is 0 Å². The maximum absolute atomic E-state index is 11.6. The van der Waals surface area contributed by atoms with E-state index in [1.807, 2.05) is 0 Å². The first-order valence-electron chi connectivity index (χ1n) is 5.33. The first-order chi connectivity index (χ1) is 8.78. The van der Waals surface area contributed by atoms with Gasteiger partial charge in [0.25, 0.3) is 0 Å². The standard InChI is InChI=1S/C11H13ClN2O3S2/c12-8-1-3-9(4-2-8)14-11(15)7-19(16,17)6-5-10(13)18/h1-4H,5-7H2,(H2,13,18)(H,14,15). The van der Waals surface area contributed by atoms with Gasteiger partial charge in [0.15, 0.2) is 9.84 Å². The predicted molar refractivity (Wildman–Crippen MR) is 80.1 cm³/mol. The Hall–Kier alpha value is -1.18. The zero-order valence-electron chi connectivity index (χ0n) is 9.93. The van der Waals surface area contributed by atoms with Crippen LogP contribution in [0.2, 0.25) is 5.02 Å². The molecule has 0 fully saturated rings. The van der Waals surface area contributed by atoms with E-state index in [4.69, 9.17) is 17.3 Å². The molecule has 0 saturated heterocycles. The van der Waals surface area contributed by atoms with Crippen molar-refractivity contribution in [2.75, 3.05) is 16.8 Å². The van der Waals surface area contributed by atoms with Crippen LogP contribution in [0, 0.1) is 0 Å². The van der Waals surface area contributed by atoms with Gasteiger partial charge in [-0.2, -0.15) is 0 Å². The number of thiocarbonyl (C=S) groups is 1. The lowest BCUT2D eigenvalue weighted by Gasteiger charge is -2.06. The smallest absolute Gasteiger partial charge is 0.239 e. The molecule has 0 aliphatic carbocycles. The van der Waals surface area contributed by atoms with Crippen molar-refractivity contribution in [1.82, 2.24) is 0 Å². The van der Waals surface area contributed by atoms with Crippen LogP contribution < -0.4 is 11.1 Å². The van der Waals surface area contributed by atoms with Crippen molar-refractivity contribution >= 4 is 50.2 Å². The molecule has 0 spiro atoms. The second-order valence-electron chi connectivity index (χ2n) is 3.86. The second-order valence-corrected chi connectivity index (χ2v) is 7.01. The van der Waals surface area contributed by atoms with Crippen LogP contribution in [0.5, 0.6) is 0 Å². The fourth-order valence-electron chi connectivity index (χ4n) is 1.26. The molecule has 19 heavy (non-hydrogen) atoms. The molecule has 1 amide bonds. The number of anilines is 1. The van der Waals surface area contributed by atoms with Crippen LogP contribution in [0.25, 0.3) is 0 Å². The van der Waals surface area contributed by atoms with Crippen LogP contribution in [0.3, 0.4) is 0 Å². The molecule has 0 saturated carbocycles. The molecule has 0 atom stereocenters. The number of benzene rings is 1. The lowest BCUT2D eigenvalue weighted by Crippen LogP contribution is -2.26. The van der Waals surface area contributed by atoms with E-state index in [9.17, 15) is 13.2 Å². The molecular formula is C11H13ClN2O3S2. The Morgan fingerprint density at radius 3 is 2.42 bits per heavy atom. The minimum Gasteiger partial charge on any atom is -0.393 e. The van der Waals surface area contributed by atoms with Crippen molar-refractivity contribution in [3.05, 3.63) is 29.3 Å². The van der Waals surface area contributed by atoms with Crippen molar-refractivity contribution in [2.24, 2.45) is 5.73 Å². The van der Waals surface area contributed by atoms with Crippen LogP contribution in [0.1, 0.15) is 6.42 Å². The monoisotopic (exact) mass is 320 g/mol. The molecule has 3 N–H and O–H groups in total. The zero-order chi connectivity index (χ0) is 14.5. The van der Waals surface area contributed by atoms with Crippen LogP contribution in [0.15, 0.2) is 24.3 Å². The van der Waals surface area contributed by atoms with Crippen molar-refractivity contribution in [3.8, 4) is 0 Å². The maximum Gasteiger partial charge on any atom is 0.239 e. The van der Waals surface area contributed by atoms with Gasteiger partial charge in [0, 0.05) is 17.1 Å². The van der Waals surface area contributed by atoms with E-state index in [-0.39, 0.29) is 17.2 Å². The lowest BCUT2D eigenvalue weighted by atomic mass is 10.3. The molecule has 0 radical (unpaired) electrons. The molecule has 0 heterocycles. The first kappa shape index (κ1) is 15.9. The van der Waals surface area contributed by atoms with Gasteiger partial charge in [-0.1, -0.05) is 23.8 Å². The summed E-state index contributed by atoms with van der Waals surface area (Å²) in [6.45, 7) is 0. The summed E-state index contributed by atoms with van der Waals surface area (Å²) < 4.78 is 23.2. The molecular weight excluding hydrogens is 308 g/mol. The lowest BCUT2D eigenvalue weighted by molar-refractivity contribution is -0.113. The van der Waals surface area contributed by atoms with Gasteiger partial charge in [-0.15, -0.1) is 0 Å². The highest BCUT2D eigenvalue weighted by Crippen LogP contribution is 2.13. The molecule has 1 aromatic rings. The van der Waals surface area contributed by atoms with E-state index >= 15 is 0 Å². The summed E-state index contributed by atoms with van der Waals surface area (Å²) in [7, 11) is -3.51. The Bertz CT molecular complexity index is 570. The number of carbonyl (C=O) groups is 1. The third-order valence-corrected chi connectivity index (χ3v) is 4.12. The average Bonchev–Trinajstić information content (AvgIpc) is 2.29. The average molecular weight is 321 g/mol. The summed E-state index contributed by atoms with van der Waals surface area (Å²) in [6, 6.07) is 6.36. The van der Waals surface area contributed by atoms with Gasteiger partial charge in [0.2, 0.25) is 5.91 Å². The topological polar surface area (TPSA) is 89.3 Å². The molecule has 1 aromatic carbocycles. The number of hydrogen-bond donors (Lipinski definition) is 2. The highest BCUT2D eigenvalue weighted by Gasteiger charge is 2.17. The summed E-state index contributed by atoms with van der Waals surface area (Å²) in [5.41, 5.74) is 5.71. The largest absolute Gasteiger partial charge is 0.393 e. The van der Waals surface area contributed by atoms with Crippen molar-refractivity contribution in [2.45, 2.75) is 6.42 Å². The number of halogens is 1. The van der Waals surface area contributed by atoms with Gasteiger partial charge in [-0.05, 0) is 24.3 Å². The summed E-state index contributed by atoms with van der Waals surface area (Å²) in [5.74, 6) is -1.43. The minimum absolute atomic E-state index is 0.0753. The van der Waals surface area contributed by atoms with Gasteiger partial charge in [-0.3, -0.25) is 4.79 Å². The van der Waals surface area contributed by atoms with E-state index < -0.39 is 21.5 Å². The van der Waals surface area contributed by atoms with E-state index in [0.717, 1.165) is 0 Å². The highest BCUT2D eigenvalue weighted by molar-refractivity contribution is 7.92. The molecule has 0 aliphatic rings. The quantitative estimate of drug-likeness (QED) is 0.773. The van der Waals surface area contributed by atoms with E-state index in [0.29, 0.717) is 10.7 Å². The molecule has 5 nitrogen and oxygen atoms in total. The van der Waals surface area contributed by atoms with Crippen molar-refractivity contribution in [3.63, 3.8) is 0 Å². The second kappa shape index (κ2) is 6.83. The predicted octanol–water partition coefficient (Wildman–Crippen LogP) is 1.37. The number of hydrogen-bond acceptors (Lipinski definition) is 4. The highest BCUT2D eigenvalue weighted by atomic mass is 35.5. The van der Waals surface area contributed by atoms with Crippen LogP contribution >= 0.6 is 23.8 Å². The fourth-order valence-corrected chi connectivity index (χ4v) is 2.76. The maximum atomic E-state index is 11.6. The van der Waals surface area contributed by atoms with Crippen molar-refractivity contribution in [1.29, 1.82) is 0 Å². The summed E-state index contributed by atoms with van der Waals surface area (Å²) >= 11 is 10.3. The minimum atomic E-state index is -3.51. The van der Waals surface area contributed by atoms with E-state index in [1.165, 1.54) is 0 Å². The SMILES string of the molecule is NC(=S)CCS(=O)(=O)CC(=O)Nc1ccc(Cl)cc1. The van der Waals surface area contributed by atoms with Gasteiger partial charge < -0.3 is 11.1 Å². The van der Waals surface area contributed by atoms with Crippen molar-refractivity contribution < 1.29 is 13.2 Å². The fraction of sp³-hybridized carbons (Fsp3) is 0.273. The molecule has 0 aliphatic heterocycles. The van der Waals surface area contributed by atoms with Gasteiger partial charge in [-0.25, -0.2) is 8.42 Å². The van der Waals surface area contributed by atoms with Crippen LogP contribution in [-0.4, -0.2) is 30.8 Å². The van der Waals surface area contributed by atoms with Gasteiger partial charge in [0.05, 0.1) is 10.7 Å². The summed E-state index contributed by atoms with van der Waals surface area (Å²) in [6.07, 6.45) is 0.0753. The normalized spacial score (nSPS) is 11.0. The third kappa shape index (κ3) is 6.51. The summed E-state index contributed by atoms with van der Waals surface area (Å²) in [5, 5.41) is 3.00. The Morgan fingerprint density at radius 1 is 1.32 bits per heavy atom. The number of sulfone groups is 1. The summed E-state index contributed by atoms with van der Waals surface area (Å²) in [4.78, 5) is 11.7. The molecule has 1 rings (SSSR count). The van der Waals surface area contributed by atoms with Crippen LogP contribution in [-0.2, 0) is 14.6 Å². The number of rotatable bonds is 6. The Kier molecular flexibility index (Phi) is 5.71. The molecule has 0 unspecified atom stereocenters. The Balaban J connectivity index is 2.55. The Labute approximate surface area is 122 Å². The van der Waals surface area contributed by atoms with E-state index in [2.05, 4.69) is 17.5 Å². The number of carbonyl (C=O) groups excluding carboxylic acids is 1.